The molecule has 1 heterocycles. The van der Waals surface area contributed by atoms with Crippen LogP contribution in [0, 0.1) is 5.92 Å². The van der Waals surface area contributed by atoms with Crippen molar-refractivity contribution in [3.8, 4) is 0 Å². The second kappa shape index (κ2) is 4.72. The molecular formula is C8H15F2NO. The first-order valence-corrected chi connectivity index (χ1v) is 4.35. The Kier molecular flexibility index (Phi) is 3.88. The predicted octanol–water partition coefficient (Wildman–Crippen LogP) is 1.27. The average molecular weight is 179 g/mol. The molecule has 0 amide bonds. The number of hydrogen-bond acceptors (Lipinski definition) is 2. The summed E-state index contributed by atoms with van der Waals surface area (Å²) >= 11 is 0. The Bertz CT molecular complexity index is 126. The first-order chi connectivity index (χ1) is 5.75. The maximum absolute atomic E-state index is 12.4. The zero-order valence-corrected chi connectivity index (χ0v) is 7.22. The van der Waals surface area contributed by atoms with Crippen molar-refractivity contribution < 1.29 is 13.5 Å². The van der Waals surface area contributed by atoms with Crippen molar-refractivity contribution in [3.63, 3.8) is 0 Å². The fourth-order valence-corrected chi connectivity index (χ4v) is 1.53. The number of ether oxygens (including phenoxy) is 1. The SMILES string of the molecule is CCNC(C(F)F)C1CCOC1. The Morgan fingerprint density at radius 3 is 2.75 bits per heavy atom. The van der Waals surface area contributed by atoms with E-state index >= 15 is 0 Å². The molecule has 1 aliphatic heterocycles. The molecule has 0 aromatic carbocycles. The van der Waals surface area contributed by atoms with Gasteiger partial charge in [0.05, 0.1) is 12.6 Å². The Labute approximate surface area is 71.3 Å². The third-order valence-electron chi connectivity index (χ3n) is 2.18. The van der Waals surface area contributed by atoms with Crippen molar-refractivity contribution in [2.75, 3.05) is 19.8 Å². The lowest BCUT2D eigenvalue weighted by Crippen LogP contribution is -2.42. The lowest BCUT2D eigenvalue weighted by molar-refractivity contribution is 0.0638. The molecule has 0 saturated carbocycles. The fourth-order valence-electron chi connectivity index (χ4n) is 1.53. The third-order valence-corrected chi connectivity index (χ3v) is 2.18. The summed E-state index contributed by atoms with van der Waals surface area (Å²) in [5.41, 5.74) is 0. The van der Waals surface area contributed by atoms with Crippen molar-refractivity contribution in [1.29, 1.82) is 0 Å². The van der Waals surface area contributed by atoms with E-state index in [-0.39, 0.29) is 5.92 Å². The highest BCUT2D eigenvalue weighted by Gasteiger charge is 2.31. The summed E-state index contributed by atoms with van der Waals surface area (Å²) in [4.78, 5) is 0. The molecule has 1 aliphatic rings. The monoisotopic (exact) mass is 179 g/mol. The van der Waals surface area contributed by atoms with Gasteiger partial charge < -0.3 is 10.1 Å². The van der Waals surface area contributed by atoms with Crippen LogP contribution in [0.3, 0.4) is 0 Å². The number of rotatable bonds is 4. The molecular weight excluding hydrogens is 164 g/mol. The summed E-state index contributed by atoms with van der Waals surface area (Å²) in [5.74, 6) is -0.00931. The van der Waals surface area contributed by atoms with Gasteiger partial charge in [-0.2, -0.15) is 0 Å². The zero-order chi connectivity index (χ0) is 8.97. The van der Waals surface area contributed by atoms with Crippen molar-refractivity contribution in [2.45, 2.75) is 25.8 Å². The van der Waals surface area contributed by atoms with Crippen LogP contribution in [0.15, 0.2) is 0 Å². The molecule has 0 aromatic rings. The highest BCUT2D eigenvalue weighted by atomic mass is 19.3. The molecule has 2 unspecified atom stereocenters. The highest BCUT2D eigenvalue weighted by Crippen LogP contribution is 2.20. The smallest absolute Gasteiger partial charge is 0.254 e. The largest absolute Gasteiger partial charge is 0.381 e. The van der Waals surface area contributed by atoms with Crippen LogP contribution < -0.4 is 5.32 Å². The van der Waals surface area contributed by atoms with E-state index in [4.69, 9.17) is 4.74 Å². The molecule has 1 fully saturated rings. The normalized spacial score (nSPS) is 26.5. The molecule has 1 saturated heterocycles. The van der Waals surface area contributed by atoms with Gasteiger partial charge in [-0.05, 0) is 13.0 Å². The van der Waals surface area contributed by atoms with Gasteiger partial charge in [0.15, 0.2) is 0 Å². The average Bonchev–Trinajstić information content (AvgIpc) is 2.51. The molecule has 0 aliphatic carbocycles. The lowest BCUT2D eigenvalue weighted by atomic mass is 9.99. The van der Waals surface area contributed by atoms with Crippen LogP contribution in [-0.2, 0) is 4.74 Å². The Morgan fingerprint density at radius 2 is 2.33 bits per heavy atom. The van der Waals surface area contributed by atoms with Gasteiger partial charge in [0.1, 0.15) is 0 Å². The van der Waals surface area contributed by atoms with Crippen LogP contribution in [0.2, 0.25) is 0 Å². The van der Waals surface area contributed by atoms with Gasteiger partial charge >= 0.3 is 0 Å². The van der Waals surface area contributed by atoms with Gasteiger partial charge in [-0.25, -0.2) is 8.78 Å². The van der Waals surface area contributed by atoms with E-state index in [1.165, 1.54) is 0 Å². The lowest BCUT2D eigenvalue weighted by Gasteiger charge is -2.21. The Morgan fingerprint density at radius 1 is 1.58 bits per heavy atom. The topological polar surface area (TPSA) is 21.3 Å². The van der Waals surface area contributed by atoms with Gasteiger partial charge in [-0.1, -0.05) is 6.92 Å². The molecule has 72 valence electrons. The van der Waals surface area contributed by atoms with Gasteiger partial charge in [-0.15, -0.1) is 0 Å². The van der Waals surface area contributed by atoms with Crippen molar-refractivity contribution in [1.82, 2.24) is 5.32 Å². The maximum Gasteiger partial charge on any atom is 0.254 e. The van der Waals surface area contributed by atoms with E-state index in [1.807, 2.05) is 6.92 Å². The van der Waals surface area contributed by atoms with Crippen LogP contribution >= 0.6 is 0 Å². The number of hydrogen-bond donors (Lipinski definition) is 1. The molecule has 0 aromatic heterocycles. The summed E-state index contributed by atoms with van der Waals surface area (Å²) in [7, 11) is 0. The van der Waals surface area contributed by atoms with Crippen LogP contribution in [0.1, 0.15) is 13.3 Å². The summed E-state index contributed by atoms with van der Waals surface area (Å²) < 4.78 is 29.9. The zero-order valence-electron chi connectivity index (χ0n) is 7.22. The van der Waals surface area contributed by atoms with Crippen LogP contribution in [0.25, 0.3) is 0 Å². The predicted molar refractivity (Wildman–Crippen MR) is 42.4 cm³/mol. The van der Waals surface area contributed by atoms with E-state index in [0.29, 0.717) is 19.8 Å². The van der Waals surface area contributed by atoms with Crippen molar-refractivity contribution in [2.24, 2.45) is 5.92 Å². The van der Waals surface area contributed by atoms with E-state index in [2.05, 4.69) is 5.32 Å². The molecule has 12 heavy (non-hydrogen) atoms. The van der Waals surface area contributed by atoms with E-state index in [0.717, 1.165) is 6.42 Å². The van der Waals surface area contributed by atoms with Gasteiger partial charge in [-0.3, -0.25) is 0 Å². The second-order valence-electron chi connectivity index (χ2n) is 3.04. The van der Waals surface area contributed by atoms with Crippen LogP contribution in [0.5, 0.6) is 0 Å². The van der Waals surface area contributed by atoms with Gasteiger partial charge in [0.25, 0.3) is 6.43 Å². The molecule has 1 N–H and O–H groups in total. The third kappa shape index (κ3) is 2.38. The molecule has 2 atom stereocenters. The first-order valence-electron chi connectivity index (χ1n) is 4.35. The standard InChI is InChI=1S/C8H15F2NO/c1-2-11-7(8(9)10)6-3-4-12-5-6/h6-8,11H,2-5H2,1H3. The van der Waals surface area contributed by atoms with E-state index in [1.54, 1.807) is 0 Å². The first kappa shape index (κ1) is 9.86. The fraction of sp³-hybridized carbons (Fsp3) is 1.00. The summed E-state index contributed by atoms with van der Waals surface area (Å²) in [5, 5.41) is 2.79. The molecule has 0 bridgehead atoms. The Balaban J connectivity index is 2.40. The molecule has 2 nitrogen and oxygen atoms in total. The minimum atomic E-state index is -2.28. The van der Waals surface area contributed by atoms with E-state index < -0.39 is 12.5 Å². The molecule has 4 heteroatoms. The van der Waals surface area contributed by atoms with E-state index in [9.17, 15) is 8.78 Å². The Hall–Kier alpha value is -0.220. The second-order valence-corrected chi connectivity index (χ2v) is 3.04. The van der Waals surface area contributed by atoms with Gasteiger partial charge in [0.2, 0.25) is 0 Å². The summed E-state index contributed by atoms with van der Waals surface area (Å²) in [6.07, 6.45) is -1.53. The number of nitrogens with one attached hydrogen (secondary N) is 1. The molecule has 0 spiro atoms. The number of halogens is 2. The maximum atomic E-state index is 12.4. The summed E-state index contributed by atoms with van der Waals surface area (Å²) in [6, 6.07) is -0.683. The highest BCUT2D eigenvalue weighted by molar-refractivity contribution is 4.80. The van der Waals surface area contributed by atoms with Crippen LogP contribution in [-0.4, -0.2) is 32.2 Å². The van der Waals surface area contributed by atoms with Crippen molar-refractivity contribution >= 4 is 0 Å². The molecule has 1 rings (SSSR count). The number of alkyl halides is 2. The molecule has 0 radical (unpaired) electrons. The van der Waals surface area contributed by atoms with Crippen LogP contribution in [0.4, 0.5) is 8.78 Å². The quantitative estimate of drug-likeness (QED) is 0.701. The summed E-state index contributed by atoms with van der Waals surface area (Å²) in [6.45, 7) is 3.53. The van der Waals surface area contributed by atoms with Crippen molar-refractivity contribution in [3.05, 3.63) is 0 Å². The minimum absolute atomic E-state index is 0.00931. The minimum Gasteiger partial charge on any atom is -0.381 e. The van der Waals surface area contributed by atoms with Gasteiger partial charge in [0, 0.05) is 12.5 Å².